The van der Waals surface area contributed by atoms with E-state index in [-0.39, 0.29) is 22.3 Å². The van der Waals surface area contributed by atoms with Crippen LogP contribution in [0.4, 0.5) is 4.39 Å². The van der Waals surface area contributed by atoms with Crippen LogP contribution in [0.15, 0.2) is 46.9 Å². The second-order valence-electron chi connectivity index (χ2n) is 8.08. The number of rotatable bonds is 7. The maximum absolute atomic E-state index is 13.7. The van der Waals surface area contributed by atoms with Crippen LogP contribution in [-0.4, -0.2) is 22.2 Å². The quantitative estimate of drug-likeness (QED) is 0.546. The van der Waals surface area contributed by atoms with Crippen LogP contribution in [0.1, 0.15) is 25.2 Å². The lowest BCUT2D eigenvalue weighted by atomic mass is 9.33. The Kier molecular flexibility index (Phi) is 4.60. The van der Waals surface area contributed by atoms with Crippen LogP contribution < -0.4 is 15.2 Å². The first-order chi connectivity index (χ1) is 14.8. The molecule has 2 N–H and O–H groups in total. The Balaban J connectivity index is 1.27. The van der Waals surface area contributed by atoms with Gasteiger partial charge in [0.25, 0.3) is 5.91 Å². The summed E-state index contributed by atoms with van der Waals surface area (Å²) in [5, 5.41) is 8.62. The van der Waals surface area contributed by atoms with Gasteiger partial charge in [0.15, 0.2) is 6.10 Å². The second-order valence-corrected chi connectivity index (χ2v) is 8.92. The number of amides is 1. The van der Waals surface area contributed by atoms with Crippen LogP contribution in [0.25, 0.3) is 0 Å². The van der Waals surface area contributed by atoms with Crippen molar-refractivity contribution in [2.24, 2.45) is 11.1 Å². The van der Waals surface area contributed by atoms with Crippen molar-refractivity contribution >= 4 is 29.1 Å². The largest absolute Gasteiger partial charge is 0.480 e. The molecule has 3 fully saturated rings. The summed E-state index contributed by atoms with van der Waals surface area (Å²) < 4.78 is 30.7. The lowest BCUT2D eigenvalue weighted by Gasteiger charge is -2.69. The third-order valence-electron chi connectivity index (χ3n) is 5.91. The summed E-state index contributed by atoms with van der Waals surface area (Å²) >= 11 is 11.6. The first kappa shape index (κ1) is 20.1. The summed E-state index contributed by atoms with van der Waals surface area (Å²) in [6, 6.07) is 10.8. The van der Waals surface area contributed by atoms with Crippen LogP contribution in [-0.2, 0) is 10.2 Å². The van der Waals surface area contributed by atoms with E-state index in [0.717, 1.165) is 6.07 Å². The Hall–Kier alpha value is -2.84. The first-order valence-corrected chi connectivity index (χ1v) is 10.2. The van der Waals surface area contributed by atoms with Gasteiger partial charge in [0.1, 0.15) is 17.3 Å². The molecule has 1 atom stereocenters. The highest BCUT2D eigenvalue weighted by molar-refractivity contribution is 6.30. The molecule has 160 valence electrons. The lowest BCUT2D eigenvalue weighted by Crippen LogP contribution is -2.72. The molecule has 7 nitrogen and oxygen atoms in total. The number of carbonyl (C=O) groups is 1. The van der Waals surface area contributed by atoms with Crippen LogP contribution in [0.3, 0.4) is 0 Å². The Morgan fingerprint density at radius 3 is 2.42 bits per heavy atom. The van der Waals surface area contributed by atoms with E-state index in [2.05, 4.69) is 10.2 Å². The third-order valence-corrected chi connectivity index (χ3v) is 6.47. The number of nitrogens with zero attached hydrogens (tertiary/aromatic N) is 2. The molecule has 2 bridgehead atoms. The third kappa shape index (κ3) is 3.40. The molecule has 2 aromatic carbocycles. The number of nitrogens with two attached hydrogens (primary N) is 1. The number of benzene rings is 2. The zero-order valence-electron chi connectivity index (χ0n) is 16.0. The summed E-state index contributed by atoms with van der Waals surface area (Å²) in [6.45, 7) is 0. The van der Waals surface area contributed by atoms with Crippen LogP contribution >= 0.6 is 23.2 Å². The molecule has 0 aliphatic heterocycles. The van der Waals surface area contributed by atoms with Crippen molar-refractivity contribution in [2.75, 3.05) is 0 Å². The summed E-state index contributed by atoms with van der Waals surface area (Å²) in [7, 11) is 0. The number of halogens is 3. The number of aromatic nitrogens is 2. The van der Waals surface area contributed by atoms with Gasteiger partial charge in [-0.3, -0.25) is 4.79 Å². The maximum Gasteiger partial charge on any atom is 0.420 e. The molecule has 3 aliphatic carbocycles. The average Bonchev–Trinajstić information content (AvgIpc) is 3.12. The van der Waals surface area contributed by atoms with E-state index in [9.17, 15) is 9.18 Å². The highest BCUT2D eigenvalue weighted by Gasteiger charge is 2.75. The molecule has 0 saturated heterocycles. The Morgan fingerprint density at radius 2 is 1.77 bits per heavy atom. The molecule has 10 heteroatoms. The van der Waals surface area contributed by atoms with Gasteiger partial charge in [0, 0.05) is 16.5 Å². The molecule has 1 heterocycles. The minimum absolute atomic E-state index is 0.0236. The van der Waals surface area contributed by atoms with Crippen molar-refractivity contribution in [3.63, 3.8) is 0 Å². The predicted octanol–water partition coefficient (Wildman–Crippen LogP) is 4.66. The van der Waals surface area contributed by atoms with Crippen LogP contribution in [0, 0.1) is 11.2 Å². The van der Waals surface area contributed by atoms with Crippen molar-refractivity contribution in [3.05, 3.63) is 64.2 Å². The van der Waals surface area contributed by atoms with Crippen molar-refractivity contribution in [1.29, 1.82) is 0 Å². The lowest BCUT2D eigenvalue weighted by molar-refractivity contribution is -0.208. The standard InChI is InChI=1S/C21H16Cl2FN3O4/c22-11-1-3-12(4-2-11)30-19-27-26-18(31-19)21-8-20(9-21,10-21)16(17(25)28)29-13-5-6-14(23)15(24)7-13/h1-7,16H,8-10H2,(H2,25,28). The summed E-state index contributed by atoms with van der Waals surface area (Å²) in [4.78, 5) is 12.1. The number of primary amides is 1. The number of hydrogen-bond acceptors (Lipinski definition) is 6. The van der Waals surface area contributed by atoms with Crippen molar-refractivity contribution in [1.82, 2.24) is 10.2 Å². The molecule has 1 aromatic heterocycles. The monoisotopic (exact) mass is 463 g/mol. The van der Waals surface area contributed by atoms with Gasteiger partial charge in [-0.2, -0.15) is 0 Å². The molecule has 0 spiro atoms. The highest BCUT2D eigenvalue weighted by Crippen LogP contribution is 2.75. The number of ether oxygens (including phenoxy) is 2. The smallest absolute Gasteiger partial charge is 0.420 e. The van der Waals surface area contributed by atoms with Crippen molar-refractivity contribution in [2.45, 2.75) is 30.8 Å². The minimum atomic E-state index is -0.900. The minimum Gasteiger partial charge on any atom is -0.480 e. The molecule has 3 saturated carbocycles. The highest BCUT2D eigenvalue weighted by atomic mass is 35.5. The Labute approximate surface area is 186 Å². The predicted molar refractivity (Wildman–Crippen MR) is 109 cm³/mol. The second kappa shape index (κ2) is 7.10. The fraction of sp³-hybridized carbons (Fsp3) is 0.286. The normalized spacial score (nSPS) is 24.6. The first-order valence-electron chi connectivity index (χ1n) is 9.47. The summed E-state index contributed by atoms with van der Waals surface area (Å²) in [5.74, 6) is -0.0810. The van der Waals surface area contributed by atoms with Crippen LogP contribution in [0.5, 0.6) is 17.6 Å². The van der Waals surface area contributed by atoms with Gasteiger partial charge in [-0.25, -0.2) is 4.39 Å². The van der Waals surface area contributed by atoms with Gasteiger partial charge in [-0.15, -0.1) is 5.10 Å². The van der Waals surface area contributed by atoms with E-state index >= 15 is 0 Å². The maximum atomic E-state index is 13.7. The average molecular weight is 464 g/mol. The summed E-state index contributed by atoms with van der Waals surface area (Å²) in [5.41, 5.74) is 4.80. The molecule has 3 aromatic rings. The van der Waals surface area contributed by atoms with Gasteiger partial charge in [0.05, 0.1) is 10.4 Å². The van der Waals surface area contributed by atoms with Crippen LogP contribution in [0.2, 0.25) is 10.0 Å². The van der Waals surface area contributed by atoms with E-state index in [1.54, 1.807) is 24.3 Å². The zero-order chi connectivity index (χ0) is 21.8. The van der Waals surface area contributed by atoms with E-state index < -0.39 is 23.2 Å². The number of carbonyl (C=O) groups excluding carboxylic acids is 1. The number of hydrogen-bond donors (Lipinski definition) is 1. The molecular formula is C21H16Cl2FN3O4. The van der Waals surface area contributed by atoms with E-state index in [0.29, 0.717) is 35.9 Å². The van der Waals surface area contributed by atoms with Gasteiger partial charge >= 0.3 is 6.08 Å². The molecule has 1 amide bonds. The molecule has 31 heavy (non-hydrogen) atoms. The summed E-state index contributed by atoms with van der Waals surface area (Å²) in [6.07, 6.45) is 0.892. The van der Waals surface area contributed by atoms with Gasteiger partial charge in [-0.05, 0) is 55.7 Å². The Bertz CT molecular complexity index is 1150. The van der Waals surface area contributed by atoms with Crippen molar-refractivity contribution < 1.29 is 23.1 Å². The van der Waals surface area contributed by atoms with E-state index in [1.807, 2.05) is 0 Å². The SMILES string of the molecule is NC(=O)C(Oc1ccc(Cl)c(F)c1)C12CC(c3nnc(Oc4ccc(Cl)cc4)o3)(C1)C2. The fourth-order valence-electron chi connectivity index (χ4n) is 4.61. The topological polar surface area (TPSA) is 100 Å². The zero-order valence-corrected chi connectivity index (χ0v) is 17.5. The molecule has 1 unspecified atom stereocenters. The Morgan fingerprint density at radius 1 is 1.10 bits per heavy atom. The van der Waals surface area contributed by atoms with E-state index in [4.69, 9.17) is 42.8 Å². The van der Waals surface area contributed by atoms with E-state index in [1.165, 1.54) is 12.1 Å². The van der Waals surface area contributed by atoms with Gasteiger partial charge in [-0.1, -0.05) is 28.3 Å². The van der Waals surface area contributed by atoms with Crippen molar-refractivity contribution in [3.8, 4) is 17.6 Å². The molecule has 3 aliphatic rings. The fourth-order valence-corrected chi connectivity index (χ4v) is 4.85. The molecular weight excluding hydrogens is 448 g/mol. The molecule has 0 radical (unpaired) electrons. The van der Waals surface area contributed by atoms with Gasteiger partial charge < -0.3 is 19.6 Å². The molecule has 6 rings (SSSR count). The van der Waals surface area contributed by atoms with Gasteiger partial charge in [0.2, 0.25) is 5.89 Å².